The second kappa shape index (κ2) is 4.91. The topological polar surface area (TPSA) is 26.0 Å². The zero-order valence-electron chi connectivity index (χ0n) is 10.1. The van der Waals surface area contributed by atoms with Gasteiger partial charge in [-0.2, -0.15) is 0 Å². The molecule has 0 radical (unpaired) electrons. The monoisotopic (exact) mass is 245 g/mol. The number of rotatable bonds is 2. The standard InChI is InChI=1S/C15H16ClN/c1-10-4-3-5-13(8-10)14-9-12(11(2)17)6-7-15(14)16/h3-9,11H,17H2,1-2H3. The Morgan fingerprint density at radius 2 is 1.88 bits per heavy atom. The van der Waals surface area contributed by atoms with Gasteiger partial charge in [-0.05, 0) is 37.1 Å². The lowest BCUT2D eigenvalue weighted by Gasteiger charge is -2.11. The summed E-state index contributed by atoms with van der Waals surface area (Å²) in [5, 5.41) is 0.764. The van der Waals surface area contributed by atoms with Crippen LogP contribution in [-0.2, 0) is 0 Å². The molecule has 17 heavy (non-hydrogen) atoms. The molecule has 0 fully saturated rings. The largest absolute Gasteiger partial charge is 0.324 e. The van der Waals surface area contributed by atoms with Crippen LogP contribution in [0.5, 0.6) is 0 Å². The van der Waals surface area contributed by atoms with Gasteiger partial charge in [0, 0.05) is 16.6 Å². The highest BCUT2D eigenvalue weighted by Crippen LogP contribution is 2.30. The van der Waals surface area contributed by atoms with E-state index in [1.807, 2.05) is 25.1 Å². The molecule has 2 rings (SSSR count). The maximum absolute atomic E-state index is 6.25. The molecule has 0 aliphatic heterocycles. The van der Waals surface area contributed by atoms with Gasteiger partial charge < -0.3 is 5.73 Å². The molecule has 1 unspecified atom stereocenters. The highest BCUT2D eigenvalue weighted by molar-refractivity contribution is 6.33. The van der Waals surface area contributed by atoms with E-state index in [0.717, 1.165) is 21.7 Å². The van der Waals surface area contributed by atoms with Crippen LogP contribution in [0.1, 0.15) is 24.1 Å². The molecule has 1 atom stereocenters. The molecule has 2 aromatic carbocycles. The number of aryl methyl sites for hydroxylation is 1. The van der Waals surface area contributed by atoms with Gasteiger partial charge in [0.2, 0.25) is 0 Å². The van der Waals surface area contributed by atoms with Crippen LogP contribution in [0.25, 0.3) is 11.1 Å². The lowest BCUT2D eigenvalue weighted by molar-refractivity contribution is 0.819. The molecule has 88 valence electrons. The molecule has 0 saturated carbocycles. The quantitative estimate of drug-likeness (QED) is 0.837. The van der Waals surface area contributed by atoms with Gasteiger partial charge >= 0.3 is 0 Å². The Labute approximate surface area is 107 Å². The molecule has 0 spiro atoms. The number of nitrogens with two attached hydrogens (primary N) is 1. The summed E-state index contributed by atoms with van der Waals surface area (Å²) in [7, 11) is 0. The molecule has 0 heterocycles. The first-order valence-corrected chi connectivity index (χ1v) is 6.08. The summed E-state index contributed by atoms with van der Waals surface area (Å²) in [6, 6.07) is 14.3. The van der Waals surface area contributed by atoms with Crippen molar-refractivity contribution in [2.24, 2.45) is 5.73 Å². The SMILES string of the molecule is Cc1cccc(-c2cc(C(C)N)ccc2Cl)c1. The summed E-state index contributed by atoms with van der Waals surface area (Å²) < 4.78 is 0. The van der Waals surface area contributed by atoms with Gasteiger partial charge in [0.25, 0.3) is 0 Å². The van der Waals surface area contributed by atoms with Gasteiger partial charge in [0.15, 0.2) is 0 Å². The Balaban J connectivity index is 2.54. The van der Waals surface area contributed by atoms with Crippen molar-refractivity contribution in [2.45, 2.75) is 19.9 Å². The number of hydrogen-bond acceptors (Lipinski definition) is 1. The van der Waals surface area contributed by atoms with Crippen LogP contribution in [0.4, 0.5) is 0 Å². The van der Waals surface area contributed by atoms with Crippen molar-refractivity contribution in [1.29, 1.82) is 0 Å². The zero-order valence-corrected chi connectivity index (χ0v) is 10.8. The van der Waals surface area contributed by atoms with Gasteiger partial charge in [-0.25, -0.2) is 0 Å². The first-order chi connectivity index (χ1) is 8.08. The van der Waals surface area contributed by atoms with E-state index in [-0.39, 0.29) is 6.04 Å². The highest BCUT2D eigenvalue weighted by Gasteiger charge is 2.07. The molecule has 2 aromatic rings. The van der Waals surface area contributed by atoms with Gasteiger partial charge in [0.1, 0.15) is 0 Å². The summed E-state index contributed by atoms with van der Waals surface area (Å²) in [4.78, 5) is 0. The third-order valence-corrected chi connectivity index (χ3v) is 3.17. The van der Waals surface area contributed by atoms with E-state index in [1.165, 1.54) is 5.56 Å². The normalized spacial score (nSPS) is 12.5. The maximum atomic E-state index is 6.25. The maximum Gasteiger partial charge on any atom is 0.0484 e. The zero-order chi connectivity index (χ0) is 12.4. The Morgan fingerprint density at radius 1 is 1.12 bits per heavy atom. The first kappa shape index (κ1) is 12.2. The van der Waals surface area contributed by atoms with E-state index in [9.17, 15) is 0 Å². The van der Waals surface area contributed by atoms with Crippen molar-refractivity contribution in [3.8, 4) is 11.1 Å². The molecular weight excluding hydrogens is 230 g/mol. The summed E-state index contributed by atoms with van der Waals surface area (Å²) >= 11 is 6.25. The molecule has 0 bridgehead atoms. The molecule has 0 saturated heterocycles. The fraction of sp³-hybridized carbons (Fsp3) is 0.200. The van der Waals surface area contributed by atoms with E-state index in [2.05, 4.69) is 31.2 Å². The van der Waals surface area contributed by atoms with Gasteiger partial charge in [-0.15, -0.1) is 0 Å². The molecule has 0 aromatic heterocycles. The highest BCUT2D eigenvalue weighted by atomic mass is 35.5. The van der Waals surface area contributed by atoms with E-state index in [0.29, 0.717) is 0 Å². The smallest absolute Gasteiger partial charge is 0.0484 e. The Bertz CT molecular complexity index is 532. The summed E-state index contributed by atoms with van der Waals surface area (Å²) in [5.41, 5.74) is 10.4. The van der Waals surface area contributed by atoms with Crippen LogP contribution < -0.4 is 5.73 Å². The van der Waals surface area contributed by atoms with E-state index in [1.54, 1.807) is 0 Å². The molecule has 0 aliphatic rings. The van der Waals surface area contributed by atoms with Crippen LogP contribution >= 0.6 is 11.6 Å². The molecule has 0 amide bonds. The fourth-order valence-electron chi connectivity index (χ4n) is 1.86. The van der Waals surface area contributed by atoms with Crippen molar-refractivity contribution in [3.05, 3.63) is 58.6 Å². The molecule has 1 nitrogen and oxygen atoms in total. The minimum atomic E-state index is 0.0239. The van der Waals surface area contributed by atoms with Gasteiger partial charge in [0.05, 0.1) is 0 Å². The van der Waals surface area contributed by atoms with E-state index < -0.39 is 0 Å². The van der Waals surface area contributed by atoms with Crippen LogP contribution in [-0.4, -0.2) is 0 Å². The summed E-state index contributed by atoms with van der Waals surface area (Å²) in [6.07, 6.45) is 0. The second-order valence-electron chi connectivity index (χ2n) is 4.40. The average Bonchev–Trinajstić information content (AvgIpc) is 2.29. The Kier molecular flexibility index (Phi) is 3.51. The van der Waals surface area contributed by atoms with Crippen molar-refractivity contribution in [2.75, 3.05) is 0 Å². The number of benzene rings is 2. The van der Waals surface area contributed by atoms with Crippen LogP contribution in [0.15, 0.2) is 42.5 Å². The lowest BCUT2D eigenvalue weighted by Crippen LogP contribution is -2.04. The molecule has 2 heteroatoms. The minimum absolute atomic E-state index is 0.0239. The van der Waals surface area contributed by atoms with Crippen LogP contribution in [0.3, 0.4) is 0 Å². The minimum Gasteiger partial charge on any atom is -0.324 e. The summed E-state index contributed by atoms with van der Waals surface area (Å²) in [6.45, 7) is 4.05. The number of halogens is 1. The van der Waals surface area contributed by atoms with Gasteiger partial charge in [-0.1, -0.05) is 47.5 Å². The Hall–Kier alpha value is -1.31. The third-order valence-electron chi connectivity index (χ3n) is 2.85. The average molecular weight is 246 g/mol. The van der Waals surface area contributed by atoms with Crippen molar-refractivity contribution >= 4 is 11.6 Å². The predicted octanol–water partition coefficient (Wildman–Crippen LogP) is 4.34. The van der Waals surface area contributed by atoms with E-state index in [4.69, 9.17) is 17.3 Å². The Morgan fingerprint density at radius 3 is 2.53 bits per heavy atom. The van der Waals surface area contributed by atoms with Crippen LogP contribution in [0.2, 0.25) is 5.02 Å². The summed E-state index contributed by atoms with van der Waals surface area (Å²) in [5.74, 6) is 0. The second-order valence-corrected chi connectivity index (χ2v) is 4.80. The molecule has 0 aliphatic carbocycles. The van der Waals surface area contributed by atoms with E-state index >= 15 is 0 Å². The third kappa shape index (κ3) is 2.68. The molecule has 2 N–H and O–H groups in total. The first-order valence-electron chi connectivity index (χ1n) is 5.70. The predicted molar refractivity (Wildman–Crippen MR) is 74.2 cm³/mol. The van der Waals surface area contributed by atoms with Gasteiger partial charge in [-0.3, -0.25) is 0 Å². The lowest BCUT2D eigenvalue weighted by atomic mass is 9.99. The van der Waals surface area contributed by atoms with Crippen molar-refractivity contribution in [1.82, 2.24) is 0 Å². The van der Waals surface area contributed by atoms with Crippen molar-refractivity contribution < 1.29 is 0 Å². The number of hydrogen-bond donors (Lipinski definition) is 1. The van der Waals surface area contributed by atoms with Crippen LogP contribution in [0, 0.1) is 6.92 Å². The fourth-order valence-corrected chi connectivity index (χ4v) is 2.09. The van der Waals surface area contributed by atoms with Crippen molar-refractivity contribution in [3.63, 3.8) is 0 Å². The molecular formula is C15H16ClN.